The van der Waals surface area contributed by atoms with E-state index in [4.69, 9.17) is 5.73 Å². The van der Waals surface area contributed by atoms with E-state index in [1.165, 1.54) is 11.1 Å². The summed E-state index contributed by atoms with van der Waals surface area (Å²) in [5.74, 6) is 0. The number of nitrogens with one attached hydrogen (secondary N) is 1. The predicted octanol–water partition coefficient (Wildman–Crippen LogP) is 3.26. The minimum atomic E-state index is 0.249. The summed E-state index contributed by atoms with van der Waals surface area (Å²) in [6, 6.07) is 6.47. The highest BCUT2D eigenvalue weighted by molar-refractivity contribution is 9.10. The minimum absolute atomic E-state index is 0.249. The summed E-state index contributed by atoms with van der Waals surface area (Å²) in [5, 5.41) is 3.50. The van der Waals surface area contributed by atoms with Gasteiger partial charge in [0.2, 0.25) is 0 Å². The molecule has 18 heavy (non-hydrogen) atoms. The topological polar surface area (TPSA) is 38.0 Å². The van der Waals surface area contributed by atoms with Crippen molar-refractivity contribution in [3.8, 4) is 0 Å². The molecule has 0 heterocycles. The Morgan fingerprint density at radius 2 is 2.00 bits per heavy atom. The van der Waals surface area contributed by atoms with Gasteiger partial charge in [-0.2, -0.15) is 0 Å². The Hall–Kier alpha value is -0.380. The lowest BCUT2D eigenvalue weighted by molar-refractivity contribution is 0.340. The van der Waals surface area contributed by atoms with Gasteiger partial charge in [-0.05, 0) is 68.1 Å². The molecule has 0 fully saturated rings. The van der Waals surface area contributed by atoms with Gasteiger partial charge in [-0.25, -0.2) is 0 Å². The van der Waals surface area contributed by atoms with Crippen molar-refractivity contribution in [2.24, 2.45) is 11.1 Å². The standard InChI is InChI=1S/C15H25BrN2/c1-12-4-5-14(16)10-13(12)6-8-18-9-7-15(2,3)11-17/h4-5,10,18H,6-9,11,17H2,1-3H3. The van der Waals surface area contributed by atoms with Crippen molar-refractivity contribution in [3.05, 3.63) is 33.8 Å². The maximum Gasteiger partial charge on any atom is 0.0178 e. The summed E-state index contributed by atoms with van der Waals surface area (Å²) >= 11 is 3.52. The fraction of sp³-hybridized carbons (Fsp3) is 0.600. The van der Waals surface area contributed by atoms with Gasteiger partial charge in [0.15, 0.2) is 0 Å². The van der Waals surface area contributed by atoms with Gasteiger partial charge in [-0.15, -0.1) is 0 Å². The Balaban J connectivity index is 2.28. The second-order valence-corrected chi connectivity index (χ2v) is 6.60. The van der Waals surface area contributed by atoms with Crippen molar-refractivity contribution in [1.29, 1.82) is 0 Å². The first-order chi connectivity index (χ1) is 8.44. The largest absolute Gasteiger partial charge is 0.330 e. The SMILES string of the molecule is Cc1ccc(Br)cc1CCNCCC(C)(C)CN. The molecule has 0 aliphatic heterocycles. The summed E-state index contributed by atoms with van der Waals surface area (Å²) in [4.78, 5) is 0. The molecule has 1 aromatic carbocycles. The number of aryl methyl sites for hydroxylation is 1. The Kier molecular flexibility index (Phi) is 6.33. The van der Waals surface area contributed by atoms with Crippen LogP contribution in [0.25, 0.3) is 0 Å². The number of benzene rings is 1. The number of hydrogen-bond donors (Lipinski definition) is 2. The second kappa shape index (κ2) is 7.27. The normalized spacial score (nSPS) is 11.8. The van der Waals surface area contributed by atoms with Crippen LogP contribution >= 0.6 is 15.9 Å². The number of halogens is 1. The van der Waals surface area contributed by atoms with E-state index in [1.807, 2.05) is 0 Å². The lowest BCUT2D eigenvalue weighted by atomic mass is 9.90. The Morgan fingerprint density at radius 1 is 1.28 bits per heavy atom. The van der Waals surface area contributed by atoms with Crippen LogP contribution in [-0.4, -0.2) is 19.6 Å². The summed E-state index contributed by atoms with van der Waals surface area (Å²) in [6.07, 6.45) is 2.20. The fourth-order valence-electron chi connectivity index (χ4n) is 1.79. The third-order valence-corrected chi connectivity index (χ3v) is 3.91. The summed E-state index contributed by atoms with van der Waals surface area (Å²) in [5.41, 5.74) is 8.74. The van der Waals surface area contributed by atoms with Crippen molar-refractivity contribution in [2.45, 2.75) is 33.6 Å². The molecular formula is C15H25BrN2. The van der Waals surface area contributed by atoms with Gasteiger partial charge in [0.05, 0.1) is 0 Å². The van der Waals surface area contributed by atoms with Crippen LogP contribution in [-0.2, 0) is 6.42 Å². The van der Waals surface area contributed by atoms with E-state index >= 15 is 0 Å². The van der Waals surface area contributed by atoms with Gasteiger partial charge in [0, 0.05) is 4.47 Å². The molecule has 0 unspecified atom stereocenters. The maximum atomic E-state index is 5.72. The van der Waals surface area contributed by atoms with E-state index in [2.05, 4.69) is 60.2 Å². The lowest BCUT2D eigenvalue weighted by Crippen LogP contribution is -2.29. The maximum absolute atomic E-state index is 5.72. The Labute approximate surface area is 119 Å². The highest BCUT2D eigenvalue weighted by Crippen LogP contribution is 2.17. The first-order valence-corrected chi connectivity index (χ1v) is 7.40. The van der Waals surface area contributed by atoms with Gasteiger partial charge in [0.25, 0.3) is 0 Å². The molecule has 0 amide bonds. The zero-order valence-electron chi connectivity index (χ0n) is 11.7. The molecule has 0 atom stereocenters. The first kappa shape index (κ1) is 15.7. The van der Waals surface area contributed by atoms with Crippen LogP contribution < -0.4 is 11.1 Å². The van der Waals surface area contributed by atoms with Crippen LogP contribution in [0.15, 0.2) is 22.7 Å². The van der Waals surface area contributed by atoms with E-state index in [-0.39, 0.29) is 5.41 Å². The molecule has 3 N–H and O–H groups in total. The van der Waals surface area contributed by atoms with E-state index < -0.39 is 0 Å². The molecular weight excluding hydrogens is 288 g/mol. The quantitative estimate of drug-likeness (QED) is 0.758. The van der Waals surface area contributed by atoms with Crippen LogP contribution in [0.2, 0.25) is 0 Å². The van der Waals surface area contributed by atoms with E-state index in [0.29, 0.717) is 0 Å². The molecule has 0 radical (unpaired) electrons. The van der Waals surface area contributed by atoms with Crippen molar-refractivity contribution in [2.75, 3.05) is 19.6 Å². The van der Waals surface area contributed by atoms with Crippen LogP contribution in [0.4, 0.5) is 0 Å². The van der Waals surface area contributed by atoms with Crippen molar-refractivity contribution < 1.29 is 0 Å². The summed E-state index contributed by atoms with van der Waals surface area (Å²) < 4.78 is 1.16. The average Bonchev–Trinajstić information content (AvgIpc) is 2.33. The Bertz CT molecular complexity index is 375. The molecule has 0 bridgehead atoms. The van der Waals surface area contributed by atoms with E-state index in [9.17, 15) is 0 Å². The van der Waals surface area contributed by atoms with Crippen molar-refractivity contribution in [3.63, 3.8) is 0 Å². The molecule has 1 rings (SSSR count). The molecule has 102 valence electrons. The first-order valence-electron chi connectivity index (χ1n) is 6.60. The third kappa shape index (κ3) is 5.51. The van der Waals surface area contributed by atoms with Gasteiger partial charge >= 0.3 is 0 Å². The molecule has 3 heteroatoms. The molecule has 0 spiro atoms. The average molecular weight is 313 g/mol. The van der Waals surface area contributed by atoms with E-state index in [0.717, 1.165) is 36.9 Å². The molecule has 0 saturated carbocycles. The fourth-order valence-corrected chi connectivity index (χ4v) is 2.19. The van der Waals surface area contributed by atoms with Crippen LogP contribution in [0.1, 0.15) is 31.4 Å². The molecule has 2 nitrogen and oxygen atoms in total. The smallest absolute Gasteiger partial charge is 0.0178 e. The third-order valence-electron chi connectivity index (χ3n) is 3.41. The number of hydrogen-bond acceptors (Lipinski definition) is 2. The molecule has 0 aliphatic rings. The lowest BCUT2D eigenvalue weighted by Gasteiger charge is -2.22. The van der Waals surface area contributed by atoms with Gasteiger partial charge in [-0.3, -0.25) is 0 Å². The van der Waals surface area contributed by atoms with Crippen molar-refractivity contribution >= 4 is 15.9 Å². The molecule has 0 aromatic heterocycles. The summed E-state index contributed by atoms with van der Waals surface area (Å²) in [7, 11) is 0. The zero-order chi connectivity index (χ0) is 13.6. The highest BCUT2D eigenvalue weighted by Gasteiger charge is 2.14. The highest BCUT2D eigenvalue weighted by atomic mass is 79.9. The van der Waals surface area contributed by atoms with Crippen molar-refractivity contribution in [1.82, 2.24) is 5.32 Å². The molecule has 0 aliphatic carbocycles. The van der Waals surface area contributed by atoms with Gasteiger partial charge < -0.3 is 11.1 Å². The van der Waals surface area contributed by atoms with Gasteiger partial charge in [-0.1, -0.05) is 35.8 Å². The molecule has 0 saturated heterocycles. The van der Waals surface area contributed by atoms with Gasteiger partial charge in [0.1, 0.15) is 0 Å². The number of nitrogens with two attached hydrogens (primary N) is 1. The van der Waals surface area contributed by atoms with Crippen LogP contribution in [0, 0.1) is 12.3 Å². The zero-order valence-corrected chi connectivity index (χ0v) is 13.3. The monoisotopic (exact) mass is 312 g/mol. The number of rotatable bonds is 7. The van der Waals surface area contributed by atoms with Crippen LogP contribution in [0.3, 0.4) is 0 Å². The molecule has 1 aromatic rings. The minimum Gasteiger partial charge on any atom is -0.330 e. The van der Waals surface area contributed by atoms with E-state index in [1.54, 1.807) is 0 Å². The Morgan fingerprint density at radius 3 is 2.67 bits per heavy atom. The van der Waals surface area contributed by atoms with Crippen LogP contribution in [0.5, 0.6) is 0 Å². The predicted molar refractivity (Wildman–Crippen MR) is 82.9 cm³/mol. The summed E-state index contributed by atoms with van der Waals surface area (Å²) in [6.45, 7) is 9.41. The second-order valence-electron chi connectivity index (χ2n) is 5.69.